The van der Waals surface area contributed by atoms with Crippen molar-refractivity contribution in [2.24, 2.45) is 0 Å². The summed E-state index contributed by atoms with van der Waals surface area (Å²) in [7, 11) is 0. The smallest absolute Gasteiger partial charge is 0.160 e. The molecule has 1 aliphatic heterocycles. The molecule has 0 amide bonds. The minimum Gasteiger partial charge on any atom is -0.456 e. The Morgan fingerprint density at radius 3 is 1.76 bits per heavy atom. The summed E-state index contributed by atoms with van der Waals surface area (Å²) in [5.41, 5.74) is 11.0. The van der Waals surface area contributed by atoms with Crippen LogP contribution in [0.1, 0.15) is 11.1 Å². The molecular formula is C41H27N3O. The van der Waals surface area contributed by atoms with Crippen molar-refractivity contribution in [1.82, 2.24) is 15.0 Å². The molecule has 0 spiro atoms. The standard InChI is InChI=1S/C41H27N3O/c1-2-12-30(13-3-1)41-43-37(26-38(44-41)32-14-10-24-42-27-32)31-23-22-29-21-20-28-11-4-5-15-33(28)34-16-6-8-18-39(34)45-40-19-9-7-17-35(40)36(29)25-31/h1-27H. The zero-order chi connectivity index (χ0) is 30.0. The maximum Gasteiger partial charge on any atom is 0.160 e. The van der Waals surface area contributed by atoms with Crippen molar-refractivity contribution in [2.75, 3.05) is 0 Å². The minimum absolute atomic E-state index is 0.667. The van der Waals surface area contributed by atoms with Crippen LogP contribution in [0.15, 0.2) is 152 Å². The number of hydrogen-bond acceptors (Lipinski definition) is 4. The number of rotatable bonds is 3. The summed E-state index contributed by atoms with van der Waals surface area (Å²) in [6.45, 7) is 0. The van der Waals surface area contributed by atoms with E-state index < -0.39 is 0 Å². The van der Waals surface area contributed by atoms with Gasteiger partial charge in [0.25, 0.3) is 0 Å². The second-order valence-corrected chi connectivity index (χ2v) is 10.9. The van der Waals surface area contributed by atoms with E-state index in [-0.39, 0.29) is 0 Å². The van der Waals surface area contributed by atoms with Crippen LogP contribution in [-0.2, 0) is 0 Å². The molecule has 8 rings (SSSR count). The van der Waals surface area contributed by atoms with Gasteiger partial charge >= 0.3 is 0 Å². The number of fused-ring (bicyclic) bond motifs is 6. The monoisotopic (exact) mass is 577 g/mol. The summed E-state index contributed by atoms with van der Waals surface area (Å²) in [5.74, 6) is 2.27. The SMILES string of the molecule is C1=Cc2ccc(-c3cc(-c4cccnc4)nc(-c4ccccc4)n3)cc2-c2ccccc2Oc2ccccc2-c2ccccc21. The lowest BCUT2D eigenvalue weighted by Crippen LogP contribution is -1.97. The number of para-hydroxylation sites is 2. The van der Waals surface area contributed by atoms with Crippen LogP contribution in [0, 0.1) is 0 Å². The largest absolute Gasteiger partial charge is 0.456 e. The first-order chi connectivity index (χ1) is 22.3. The quantitative estimate of drug-likeness (QED) is 0.210. The van der Waals surface area contributed by atoms with E-state index >= 15 is 0 Å². The molecule has 0 unspecified atom stereocenters. The van der Waals surface area contributed by atoms with Crippen molar-refractivity contribution in [2.45, 2.75) is 0 Å². The Morgan fingerprint density at radius 2 is 1.02 bits per heavy atom. The van der Waals surface area contributed by atoms with Crippen molar-refractivity contribution in [3.8, 4) is 67.7 Å². The molecule has 0 fully saturated rings. The molecule has 0 atom stereocenters. The zero-order valence-corrected chi connectivity index (χ0v) is 24.3. The molecule has 3 heterocycles. The number of pyridine rings is 1. The molecule has 2 aromatic heterocycles. The fourth-order valence-electron chi connectivity index (χ4n) is 5.81. The first kappa shape index (κ1) is 26.5. The van der Waals surface area contributed by atoms with Gasteiger partial charge in [-0.05, 0) is 58.7 Å². The third kappa shape index (κ3) is 5.19. The summed E-state index contributed by atoms with van der Waals surface area (Å²) in [6, 6.07) is 47.5. The Hall–Kier alpha value is -6.13. The van der Waals surface area contributed by atoms with E-state index in [0.29, 0.717) is 5.82 Å². The molecule has 7 aromatic rings. The Labute approximate surface area is 262 Å². The molecule has 212 valence electrons. The third-order valence-electron chi connectivity index (χ3n) is 8.04. The average molecular weight is 578 g/mol. The molecule has 5 aromatic carbocycles. The molecule has 0 saturated heterocycles. The molecule has 0 radical (unpaired) electrons. The van der Waals surface area contributed by atoms with Crippen molar-refractivity contribution in [3.63, 3.8) is 0 Å². The van der Waals surface area contributed by atoms with Gasteiger partial charge in [0.15, 0.2) is 5.82 Å². The summed E-state index contributed by atoms with van der Waals surface area (Å²) >= 11 is 0. The number of hydrogen-bond donors (Lipinski definition) is 0. The third-order valence-corrected chi connectivity index (χ3v) is 8.04. The van der Waals surface area contributed by atoms with E-state index in [9.17, 15) is 0 Å². The number of aromatic nitrogens is 3. The van der Waals surface area contributed by atoms with Gasteiger partial charge < -0.3 is 4.74 Å². The van der Waals surface area contributed by atoms with Gasteiger partial charge in [0.2, 0.25) is 0 Å². The normalized spacial score (nSPS) is 11.6. The van der Waals surface area contributed by atoms with Crippen molar-refractivity contribution in [1.29, 1.82) is 0 Å². The maximum absolute atomic E-state index is 6.73. The molecule has 4 heteroatoms. The Bertz CT molecular complexity index is 2130. The molecule has 0 N–H and O–H groups in total. The molecular weight excluding hydrogens is 550 g/mol. The topological polar surface area (TPSA) is 47.9 Å². The summed E-state index contributed by atoms with van der Waals surface area (Å²) in [6.07, 6.45) is 8.00. The van der Waals surface area contributed by atoms with Crippen LogP contribution < -0.4 is 4.74 Å². The average Bonchev–Trinajstić information content (AvgIpc) is 3.14. The lowest BCUT2D eigenvalue weighted by atomic mass is 9.94. The van der Waals surface area contributed by atoms with Crippen LogP contribution in [0.4, 0.5) is 0 Å². The predicted molar refractivity (Wildman–Crippen MR) is 182 cm³/mol. The Balaban J connectivity index is 1.34. The zero-order valence-electron chi connectivity index (χ0n) is 24.3. The second kappa shape index (κ2) is 11.5. The van der Waals surface area contributed by atoms with Crippen LogP contribution in [0.25, 0.3) is 68.3 Å². The van der Waals surface area contributed by atoms with Crippen LogP contribution in [-0.4, -0.2) is 15.0 Å². The molecule has 4 nitrogen and oxygen atoms in total. The van der Waals surface area contributed by atoms with Gasteiger partial charge in [0.05, 0.1) is 11.4 Å². The minimum atomic E-state index is 0.667. The van der Waals surface area contributed by atoms with Crippen LogP contribution in [0.5, 0.6) is 11.5 Å². The highest BCUT2D eigenvalue weighted by Gasteiger charge is 2.18. The van der Waals surface area contributed by atoms with Gasteiger partial charge in [-0.2, -0.15) is 0 Å². The van der Waals surface area contributed by atoms with Crippen molar-refractivity contribution >= 4 is 12.2 Å². The van der Waals surface area contributed by atoms with E-state index in [1.807, 2.05) is 79.0 Å². The van der Waals surface area contributed by atoms with Gasteiger partial charge in [0, 0.05) is 40.2 Å². The summed E-state index contributed by atoms with van der Waals surface area (Å²) in [4.78, 5) is 14.4. The molecule has 0 bridgehead atoms. The Kier molecular flexibility index (Phi) is 6.78. The fourth-order valence-corrected chi connectivity index (χ4v) is 5.81. The van der Waals surface area contributed by atoms with Crippen molar-refractivity contribution < 1.29 is 4.74 Å². The molecule has 1 aliphatic rings. The number of benzene rings is 5. The lowest BCUT2D eigenvalue weighted by Gasteiger charge is -2.16. The first-order valence-corrected chi connectivity index (χ1v) is 14.9. The maximum atomic E-state index is 6.73. The number of nitrogens with zero attached hydrogens (tertiary/aromatic N) is 3. The number of ether oxygens (including phenoxy) is 1. The van der Waals surface area contributed by atoms with Gasteiger partial charge in [-0.25, -0.2) is 9.97 Å². The highest BCUT2D eigenvalue weighted by Crippen LogP contribution is 2.42. The van der Waals surface area contributed by atoms with E-state index in [1.54, 1.807) is 6.20 Å². The van der Waals surface area contributed by atoms with Gasteiger partial charge in [0.1, 0.15) is 11.5 Å². The highest BCUT2D eigenvalue weighted by molar-refractivity contribution is 5.90. The molecule has 0 aliphatic carbocycles. The van der Waals surface area contributed by atoms with Gasteiger partial charge in [-0.3, -0.25) is 4.98 Å². The summed E-state index contributed by atoms with van der Waals surface area (Å²) < 4.78 is 6.73. The van der Waals surface area contributed by atoms with Crippen molar-refractivity contribution in [3.05, 3.63) is 163 Å². The van der Waals surface area contributed by atoms with E-state index in [0.717, 1.165) is 73.0 Å². The summed E-state index contributed by atoms with van der Waals surface area (Å²) in [5, 5.41) is 0. The van der Waals surface area contributed by atoms with Crippen LogP contribution >= 0.6 is 0 Å². The van der Waals surface area contributed by atoms with Gasteiger partial charge in [-0.15, -0.1) is 0 Å². The Morgan fingerprint density at radius 1 is 0.422 bits per heavy atom. The highest BCUT2D eigenvalue weighted by atomic mass is 16.5. The van der Waals surface area contributed by atoms with E-state index in [1.165, 1.54) is 0 Å². The fraction of sp³-hybridized carbons (Fsp3) is 0. The predicted octanol–water partition coefficient (Wildman–Crippen LogP) is 10.5. The van der Waals surface area contributed by atoms with Gasteiger partial charge in [-0.1, -0.05) is 115 Å². The first-order valence-electron chi connectivity index (χ1n) is 14.9. The van der Waals surface area contributed by atoms with E-state index in [2.05, 4.69) is 83.9 Å². The molecule has 0 saturated carbocycles. The lowest BCUT2D eigenvalue weighted by molar-refractivity contribution is 0.486. The van der Waals surface area contributed by atoms with E-state index in [4.69, 9.17) is 14.7 Å². The van der Waals surface area contributed by atoms with Crippen LogP contribution in [0.3, 0.4) is 0 Å². The molecule has 45 heavy (non-hydrogen) atoms. The second-order valence-electron chi connectivity index (χ2n) is 10.9. The van der Waals surface area contributed by atoms with Crippen LogP contribution in [0.2, 0.25) is 0 Å².